The van der Waals surface area contributed by atoms with Crippen LogP contribution < -0.4 is 0 Å². The summed E-state index contributed by atoms with van der Waals surface area (Å²) in [6.45, 7) is -0.174. The van der Waals surface area contributed by atoms with Crippen molar-refractivity contribution < 1.29 is 27.5 Å². The van der Waals surface area contributed by atoms with Gasteiger partial charge in [0.05, 0.1) is 11.8 Å². The van der Waals surface area contributed by atoms with E-state index >= 15 is 0 Å². The summed E-state index contributed by atoms with van der Waals surface area (Å²) < 4.78 is 49.9. The molecule has 5 rings (SSSR count). The molecule has 9 heteroatoms. The highest BCUT2D eigenvalue weighted by molar-refractivity contribution is 6.30. The minimum Gasteiger partial charge on any atom is -0.508 e. The number of halogens is 4. The zero-order chi connectivity index (χ0) is 24.7. The Balaban J connectivity index is 1.70. The van der Waals surface area contributed by atoms with Crippen molar-refractivity contribution in [1.82, 2.24) is 9.55 Å². The molecule has 0 atom stereocenters. The van der Waals surface area contributed by atoms with E-state index in [4.69, 9.17) is 16.0 Å². The van der Waals surface area contributed by atoms with Crippen molar-refractivity contribution in [3.63, 3.8) is 0 Å². The molecular weight excluding hydrogens is 481 g/mol. The van der Waals surface area contributed by atoms with Gasteiger partial charge in [0.15, 0.2) is 5.76 Å². The third-order valence-electron chi connectivity index (χ3n) is 5.55. The van der Waals surface area contributed by atoms with E-state index in [0.29, 0.717) is 16.1 Å². The van der Waals surface area contributed by atoms with Gasteiger partial charge in [-0.2, -0.15) is 13.2 Å². The molecule has 0 unspecified atom stereocenters. The number of aromatic hydroxyl groups is 1. The Labute approximate surface area is 202 Å². The average Bonchev–Trinajstić information content (AvgIpc) is 3.44. The summed E-state index contributed by atoms with van der Waals surface area (Å²) in [5.41, 5.74) is -0.500. The maximum absolute atomic E-state index is 14.5. The van der Waals surface area contributed by atoms with Gasteiger partial charge >= 0.3 is 6.18 Å². The highest BCUT2D eigenvalue weighted by Crippen LogP contribution is 2.41. The van der Waals surface area contributed by atoms with Crippen molar-refractivity contribution in [3.05, 3.63) is 107 Å². The van der Waals surface area contributed by atoms with Gasteiger partial charge in [0, 0.05) is 28.0 Å². The molecule has 35 heavy (non-hydrogen) atoms. The molecule has 0 saturated heterocycles. The molecule has 5 nitrogen and oxygen atoms in total. The van der Waals surface area contributed by atoms with Gasteiger partial charge in [-0.3, -0.25) is 4.79 Å². The average molecular weight is 497 g/mol. The van der Waals surface area contributed by atoms with Crippen LogP contribution >= 0.6 is 11.6 Å². The van der Waals surface area contributed by atoms with Gasteiger partial charge in [0.25, 0.3) is 0 Å². The zero-order valence-corrected chi connectivity index (χ0v) is 18.6. The number of aromatic nitrogens is 2. The monoisotopic (exact) mass is 496 g/mol. The number of alkyl halides is 3. The molecule has 2 heterocycles. The van der Waals surface area contributed by atoms with Crippen molar-refractivity contribution in [3.8, 4) is 17.2 Å². The van der Waals surface area contributed by atoms with E-state index in [9.17, 15) is 23.1 Å². The third-order valence-corrected chi connectivity index (χ3v) is 5.80. The summed E-state index contributed by atoms with van der Waals surface area (Å²) in [4.78, 5) is 17.5. The quantitative estimate of drug-likeness (QED) is 0.267. The normalized spacial score (nSPS) is 11.8. The highest BCUT2D eigenvalue weighted by atomic mass is 35.5. The van der Waals surface area contributed by atoms with Gasteiger partial charge in [-0.1, -0.05) is 41.9 Å². The summed E-state index contributed by atoms with van der Waals surface area (Å²) in [5, 5.41) is 10.4. The second-order valence-corrected chi connectivity index (χ2v) is 8.30. The lowest BCUT2D eigenvalue weighted by Crippen LogP contribution is -2.18. The van der Waals surface area contributed by atoms with Gasteiger partial charge in [0.2, 0.25) is 11.7 Å². The number of nitrogens with zero attached hydrogens (tertiary/aromatic N) is 2. The fourth-order valence-corrected chi connectivity index (χ4v) is 4.15. The number of carbonyl (C=O) groups excluding carboxylic acids is 1. The number of phenols is 1. The Hall–Kier alpha value is -4.04. The Morgan fingerprint density at radius 1 is 1.03 bits per heavy atom. The summed E-state index contributed by atoms with van der Waals surface area (Å²) in [7, 11) is 0. The molecule has 5 aromatic rings. The first kappa shape index (κ1) is 22.7. The summed E-state index contributed by atoms with van der Waals surface area (Å²) in [5.74, 6) is -1.50. The minimum atomic E-state index is -4.88. The molecule has 3 aromatic carbocycles. The van der Waals surface area contributed by atoms with Crippen molar-refractivity contribution in [2.24, 2.45) is 0 Å². The Bertz CT molecular complexity index is 1540. The molecule has 0 radical (unpaired) electrons. The van der Waals surface area contributed by atoms with Crippen LogP contribution in [0.15, 0.2) is 83.4 Å². The van der Waals surface area contributed by atoms with E-state index in [1.165, 1.54) is 12.1 Å². The van der Waals surface area contributed by atoms with Crippen LogP contribution in [0.25, 0.3) is 22.4 Å². The molecule has 0 aliphatic heterocycles. The number of fused-ring (bicyclic) bond motifs is 1. The fraction of sp³-hybridized carbons (Fsp3) is 0.0769. The summed E-state index contributed by atoms with van der Waals surface area (Å²) in [6.07, 6.45) is -3.77. The predicted octanol–water partition coefficient (Wildman–Crippen LogP) is 6.95. The first-order chi connectivity index (χ1) is 16.7. The third kappa shape index (κ3) is 4.28. The minimum absolute atomic E-state index is 0.0473. The van der Waals surface area contributed by atoms with Crippen molar-refractivity contribution >= 4 is 28.3 Å². The van der Waals surface area contributed by atoms with Crippen LogP contribution in [0.5, 0.6) is 5.75 Å². The fourth-order valence-electron chi connectivity index (χ4n) is 4.02. The second kappa shape index (κ2) is 8.63. The van der Waals surface area contributed by atoms with Gasteiger partial charge < -0.3 is 14.1 Å². The van der Waals surface area contributed by atoms with Crippen LogP contribution in [0.1, 0.15) is 27.4 Å². The first-order valence-corrected chi connectivity index (χ1v) is 10.8. The molecule has 0 bridgehead atoms. The molecule has 176 valence electrons. The van der Waals surface area contributed by atoms with E-state index in [2.05, 4.69) is 4.98 Å². The molecule has 0 aliphatic rings. The van der Waals surface area contributed by atoms with Gasteiger partial charge in [-0.25, -0.2) is 4.98 Å². The first-order valence-electron chi connectivity index (χ1n) is 10.4. The number of ketones is 1. The van der Waals surface area contributed by atoms with E-state index in [1.807, 2.05) is 0 Å². The molecule has 1 N–H and O–H groups in total. The highest BCUT2D eigenvalue weighted by Gasteiger charge is 2.42. The van der Waals surface area contributed by atoms with Crippen LogP contribution in [0, 0.1) is 0 Å². The number of carbonyl (C=O) groups is 1. The molecule has 2 aromatic heterocycles. The molecule has 0 spiro atoms. The van der Waals surface area contributed by atoms with Crippen LogP contribution in [0.4, 0.5) is 13.2 Å². The van der Waals surface area contributed by atoms with Crippen LogP contribution in [0.3, 0.4) is 0 Å². The van der Waals surface area contributed by atoms with Gasteiger partial charge in [-0.15, -0.1) is 0 Å². The lowest BCUT2D eigenvalue weighted by Gasteiger charge is -2.14. The Morgan fingerprint density at radius 2 is 1.74 bits per heavy atom. The topological polar surface area (TPSA) is 68.3 Å². The van der Waals surface area contributed by atoms with E-state index in [1.54, 1.807) is 54.6 Å². The summed E-state index contributed by atoms with van der Waals surface area (Å²) in [6, 6.07) is 18.8. The molecule has 0 aliphatic carbocycles. The molecular formula is C26H16ClF3N2O3. The SMILES string of the molecule is O=C(c1cnc(-c2ccccc2)o1)c1c(C(F)(F)F)n(Cc2ccc(Cl)cc2)c2ccc(O)cc12. The Kier molecular flexibility index (Phi) is 5.61. The number of benzene rings is 3. The smallest absolute Gasteiger partial charge is 0.432 e. The van der Waals surface area contributed by atoms with Crippen molar-refractivity contribution in [1.29, 1.82) is 0 Å². The lowest BCUT2D eigenvalue weighted by atomic mass is 10.0. The predicted molar refractivity (Wildman–Crippen MR) is 125 cm³/mol. The molecule has 0 amide bonds. The second-order valence-electron chi connectivity index (χ2n) is 7.86. The number of oxazole rings is 1. The maximum atomic E-state index is 14.5. The van der Waals surface area contributed by atoms with Gasteiger partial charge in [0.1, 0.15) is 11.4 Å². The molecule has 0 saturated carbocycles. The van der Waals surface area contributed by atoms with E-state index < -0.39 is 23.2 Å². The zero-order valence-electron chi connectivity index (χ0n) is 17.9. The standard InChI is InChI=1S/C26H16ClF3N2O3/c27-17-8-6-15(7-9-17)14-32-20-11-10-18(33)12-19(20)22(24(32)26(28,29)30)23(34)21-13-31-25(35-21)16-4-2-1-3-5-16/h1-13,33H,14H2. The summed E-state index contributed by atoms with van der Waals surface area (Å²) >= 11 is 5.92. The largest absolute Gasteiger partial charge is 0.508 e. The molecule has 0 fully saturated rings. The Morgan fingerprint density at radius 3 is 2.43 bits per heavy atom. The number of hydrogen-bond donors (Lipinski definition) is 1. The lowest BCUT2D eigenvalue weighted by molar-refractivity contribution is -0.143. The van der Waals surface area contributed by atoms with Crippen LogP contribution in [-0.2, 0) is 12.7 Å². The van der Waals surface area contributed by atoms with Crippen LogP contribution in [0.2, 0.25) is 5.02 Å². The van der Waals surface area contributed by atoms with E-state index in [0.717, 1.165) is 16.8 Å². The van der Waals surface area contributed by atoms with Crippen molar-refractivity contribution in [2.45, 2.75) is 12.7 Å². The number of rotatable bonds is 5. The van der Waals surface area contributed by atoms with E-state index in [-0.39, 0.29) is 34.8 Å². The number of phenolic OH excluding ortho intramolecular Hbond substituents is 1. The maximum Gasteiger partial charge on any atom is 0.432 e. The van der Waals surface area contributed by atoms with Gasteiger partial charge in [-0.05, 0) is 48.0 Å². The van der Waals surface area contributed by atoms with Crippen LogP contribution in [-0.4, -0.2) is 20.4 Å². The number of hydrogen-bond acceptors (Lipinski definition) is 4. The van der Waals surface area contributed by atoms with Crippen molar-refractivity contribution in [2.75, 3.05) is 0 Å².